The number of anilines is 3. The molecule has 25 heavy (non-hydrogen) atoms. The summed E-state index contributed by atoms with van der Waals surface area (Å²) in [6, 6.07) is 21.0. The molecule has 128 valence electrons. The normalized spacial score (nSPS) is 11.4. The van der Waals surface area contributed by atoms with Crippen LogP contribution in [0.25, 0.3) is 0 Å². The molecule has 0 fully saturated rings. The zero-order valence-electron chi connectivity index (χ0n) is 14.6. The van der Waals surface area contributed by atoms with Gasteiger partial charge in [0.1, 0.15) is 16.7 Å². The van der Waals surface area contributed by atoms with Gasteiger partial charge in [0.2, 0.25) is 0 Å². The molecular formula is C21H21ClN2O. The van der Waals surface area contributed by atoms with Crippen LogP contribution in [-0.4, -0.2) is 10.1 Å². The second-order valence-corrected chi connectivity index (χ2v) is 7.36. The van der Waals surface area contributed by atoms with Gasteiger partial charge in [-0.05, 0) is 47.4 Å². The summed E-state index contributed by atoms with van der Waals surface area (Å²) in [7, 11) is 0. The molecule has 0 aliphatic heterocycles. The molecule has 3 aromatic rings. The van der Waals surface area contributed by atoms with Crippen LogP contribution < -0.4 is 4.90 Å². The van der Waals surface area contributed by atoms with Crippen LogP contribution in [0.15, 0.2) is 66.7 Å². The molecule has 0 aliphatic carbocycles. The number of nitrogens with zero attached hydrogens (tertiary/aromatic N) is 2. The lowest BCUT2D eigenvalue weighted by atomic mass is 9.87. The molecule has 1 heterocycles. The van der Waals surface area contributed by atoms with Gasteiger partial charge in [0.15, 0.2) is 0 Å². The van der Waals surface area contributed by atoms with Crippen molar-refractivity contribution in [3.8, 4) is 5.75 Å². The van der Waals surface area contributed by atoms with Crippen LogP contribution in [0.3, 0.4) is 0 Å². The Bertz CT molecular complexity index is 873. The first-order chi connectivity index (χ1) is 11.8. The van der Waals surface area contributed by atoms with E-state index in [2.05, 4.69) is 25.8 Å². The Morgan fingerprint density at radius 2 is 1.56 bits per heavy atom. The highest BCUT2D eigenvalue weighted by molar-refractivity contribution is 6.29. The van der Waals surface area contributed by atoms with Gasteiger partial charge in [0, 0.05) is 11.8 Å². The van der Waals surface area contributed by atoms with E-state index >= 15 is 0 Å². The van der Waals surface area contributed by atoms with Gasteiger partial charge in [0.25, 0.3) is 0 Å². The molecule has 2 aromatic carbocycles. The number of para-hydroxylation sites is 1. The van der Waals surface area contributed by atoms with Gasteiger partial charge >= 0.3 is 0 Å². The second kappa shape index (κ2) is 6.77. The number of aromatic hydroxyl groups is 1. The molecule has 3 nitrogen and oxygen atoms in total. The maximum Gasteiger partial charge on any atom is 0.139 e. The van der Waals surface area contributed by atoms with Crippen molar-refractivity contribution in [1.29, 1.82) is 0 Å². The minimum absolute atomic E-state index is 0.0531. The van der Waals surface area contributed by atoms with E-state index in [9.17, 15) is 5.11 Å². The van der Waals surface area contributed by atoms with Gasteiger partial charge in [-0.25, -0.2) is 4.98 Å². The van der Waals surface area contributed by atoms with Crippen LogP contribution in [0.4, 0.5) is 17.2 Å². The molecule has 0 aliphatic rings. The summed E-state index contributed by atoms with van der Waals surface area (Å²) in [4.78, 5) is 6.53. The van der Waals surface area contributed by atoms with Crippen LogP contribution >= 0.6 is 11.6 Å². The Hall–Kier alpha value is -2.52. The third-order valence-electron chi connectivity index (χ3n) is 3.98. The van der Waals surface area contributed by atoms with Gasteiger partial charge in [-0.15, -0.1) is 0 Å². The molecule has 0 saturated heterocycles. The number of rotatable bonds is 3. The summed E-state index contributed by atoms with van der Waals surface area (Å²) in [5, 5.41) is 10.4. The van der Waals surface area contributed by atoms with E-state index in [-0.39, 0.29) is 11.2 Å². The lowest BCUT2D eigenvalue weighted by Gasteiger charge is -2.27. The fraction of sp³-hybridized carbons (Fsp3) is 0.190. The Kier molecular flexibility index (Phi) is 4.69. The number of phenols is 1. The second-order valence-electron chi connectivity index (χ2n) is 6.98. The molecule has 1 aromatic heterocycles. The zero-order valence-corrected chi connectivity index (χ0v) is 15.3. The third-order valence-corrected chi connectivity index (χ3v) is 4.17. The van der Waals surface area contributed by atoms with Gasteiger partial charge < -0.3 is 5.11 Å². The first-order valence-corrected chi connectivity index (χ1v) is 8.55. The molecular weight excluding hydrogens is 332 g/mol. The van der Waals surface area contributed by atoms with Gasteiger partial charge in [-0.2, -0.15) is 0 Å². The SMILES string of the molecule is CC(C)(C)c1cc(Cl)nc(N(c2ccccc2)c2cccc(O)c2)c1. The van der Waals surface area contributed by atoms with Crippen molar-refractivity contribution in [2.75, 3.05) is 4.90 Å². The quantitative estimate of drug-likeness (QED) is 0.569. The number of hydrogen-bond acceptors (Lipinski definition) is 3. The summed E-state index contributed by atoms with van der Waals surface area (Å²) in [5.74, 6) is 0.922. The van der Waals surface area contributed by atoms with E-state index in [1.54, 1.807) is 12.1 Å². The maximum absolute atomic E-state index is 9.92. The number of benzene rings is 2. The van der Waals surface area contributed by atoms with E-state index in [0.717, 1.165) is 16.9 Å². The predicted molar refractivity (Wildman–Crippen MR) is 104 cm³/mol. The summed E-state index contributed by atoms with van der Waals surface area (Å²) in [5.41, 5.74) is 2.81. The van der Waals surface area contributed by atoms with Gasteiger partial charge in [0.05, 0.1) is 5.69 Å². The summed E-state index contributed by atoms with van der Waals surface area (Å²) >= 11 is 6.32. The summed E-state index contributed by atoms with van der Waals surface area (Å²) in [6.07, 6.45) is 0. The molecule has 0 atom stereocenters. The number of hydrogen-bond donors (Lipinski definition) is 1. The van der Waals surface area contributed by atoms with Gasteiger partial charge in [-0.3, -0.25) is 4.90 Å². The third kappa shape index (κ3) is 3.94. The highest BCUT2D eigenvalue weighted by Gasteiger charge is 2.20. The topological polar surface area (TPSA) is 36.4 Å². The van der Waals surface area contributed by atoms with Crippen molar-refractivity contribution in [2.45, 2.75) is 26.2 Å². The average molecular weight is 353 g/mol. The molecule has 4 heteroatoms. The van der Waals surface area contributed by atoms with E-state index in [1.807, 2.05) is 59.5 Å². The fourth-order valence-electron chi connectivity index (χ4n) is 2.65. The number of pyridine rings is 1. The molecule has 0 radical (unpaired) electrons. The summed E-state index contributed by atoms with van der Waals surface area (Å²) in [6.45, 7) is 6.43. The molecule has 0 amide bonds. The molecule has 3 rings (SSSR count). The lowest BCUT2D eigenvalue weighted by Crippen LogP contribution is -2.16. The number of halogens is 1. The molecule has 1 N–H and O–H groups in total. The first-order valence-electron chi connectivity index (χ1n) is 8.17. The zero-order chi connectivity index (χ0) is 18.0. The van der Waals surface area contributed by atoms with Crippen molar-refractivity contribution in [3.05, 3.63) is 77.4 Å². The monoisotopic (exact) mass is 352 g/mol. The van der Waals surface area contributed by atoms with Crippen LogP contribution in [0, 0.1) is 0 Å². The largest absolute Gasteiger partial charge is 0.508 e. The molecule has 0 spiro atoms. The van der Waals surface area contributed by atoms with Gasteiger partial charge in [-0.1, -0.05) is 56.6 Å². The van der Waals surface area contributed by atoms with Crippen LogP contribution in [0.2, 0.25) is 5.15 Å². The van der Waals surface area contributed by atoms with Crippen molar-refractivity contribution in [2.24, 2.45) is 0 Å². The Morgan fingerprint density at radius 1 is 0.880 bits per heavy atom. The lowest BCUT2D eigenvalue weighted by molar-refractivity contribution is 0.475. The van der Waals surface area contributed by atoms with Crippen molar-refractivity contribution < 1.29 is 5.11 Å². The van der Waals surface area contributed by atoms with E-state index in [4.69, 9.17) is 11.6 Å². The summed E-state index contributed by atoms with van der Waals surface area (Å²) < 4.78 is 0. The molecule has 0 unspecified atom stereocenters. The Balaban J connectivity index is 2.21. The van der Waals surface area contributed by atoms with E-state index in [0.29, 0.717) is 11.0 Å². The minimum Gasteiger partial charge on any atom is -0.508 e. The standard InChI is InChI=1S/C21H21ClN2O/c1-21(2,3)15-12-19(22)23-20(13-15)24(16-8-5-4-6-9-16)17-10-7-11-18(25)14-17/h4-14,25H,1-3H3. The van der Waals surface area contributed by atoms with Crippen LogP contribution in [-0.2, 0) is 5.41 Å². The van der Waals surface area contributed by atoms with E-state index in [1.165, 1.54) is 0 Å². The smallest absolute Gasteiger partial charge is 0.139 e. The average Bonchev–Trinajstić information content (AvgIpc) is 2.55. The first kappa shape index (κ1) is 17.3. The Labute approximate surface area is 153 Å². The molecule has 0 bridgehead atoms. The minimum atomic E-state index is -0.0531. The van der Waals surface area contributed by atoms with Crippen molar-refractivity contribution in [1.82, 2.24) is 4.98 Å². The highest BCUT2D eigenvalue weighted by Crippen LogP contribution is 2.37. The maximum atomic E-state index is 9.92. The fourth-order valence-corrected chi connectivity index (χ4v) is 2.86. The van der Waals surface area contributed by atoms with Crippen LogP contribution in [0.5, 0.6) is 5.75 Å². The highest BCUT2D eigenvalue weighted by atomic mass is 35.5. The van der Waals surface area contributed by atoms with E-state index < -0.39 is 0 Å². The number of aromatic nitrogens is 1. The Morgan fingerprint density at radius 3 is 2.20 bits per heavy atom. The van der Waals surface area contributed by atoms with Crippen LogP contribution in [0.1, 0.15) is 26.3 Å². The molecule has 0 saturated carbocycles. The number of phenolic OH excluding ortho intramolecular Hbond substituents is 1. The van der Waals surface area contributed by atoms with Crippen molar-refractivity contribution >= 4 is 28.8 Å². The predicted octanol–water partition coefficient (Wildman–Crippen LogP) is 6.21. The van der Waals surface area contributed by atoms with Crippen molar-refractivity contribution in [3.63, 3.8) is 0 Å².